The summed E-state index contributed by atoms with van der Waals surface area (Å²) in [5.41, 5.74) is 1.44. The monoisotopic (exact) mass is 410 g/mol. The summed E-state index contributed by atoms with van der Waals surface area (Å²) >= 11 is 5.68. The van der Waals surface area contributed by atoms with Crippen LogP contribution in [0.2, 0.25) is 0 Å². The van der Waals surface area contributed by atoms with Crippen molar-refractivity contribution in [2.24, 2.45) is 7.05 Å². The lowest BCUT2D eigenvalue weighted by Gasteiger charge is -2.07. The van der Waals surface area contributed by atoms with Gasteiger partial charge in [-0.3, -0.25) is 19.0 Å². The third kappa shape index (κ3) is 4.15. The van der Waals surface area contributed by atoms with Gasteiger partial charge in [-0.05, 0) is 25.1 Å². The molecule has 29 heavy (non-hydrogen) atoms. The van der Waals surface area contributed by atoms with Crippen molar-refractivity contribution in [2.75, 3.05) is 11.2 Å². The number of carbonyl (C=O) groups is 1. The third-order valence-electron chi connectivity index (χ3n) is 4.44. The van der Waals surface area contributed by atoms with Crippen LogP contribution < -0.4 is 10.9 Å². The highest BCUT2D eigenvalue weighted by Crippen LogP contribution is 2.15. The van der Waals surface area contributed by atoms with Crippen LogP contribution in [-0.4, -0.2) is 30.9 Å². The number of carbonyl (C=O) groups excluding carboxylic acids is 1. The summed E-state index contributed by atoms with van der Waals surface area (Å²) in [6.45, 7) is 2.24. The van der Waals surface area contributed by atoms with E-state index in [0.29, 0.717) is 29.4 Å². The fourth-order valence-corrected chi connectivity index (χ4v) is 3.04. The van der Waals surface area contributed by atoms with E-state index in [2.05, 4.69) is 10.4 Å². The molecule has 3 aromatic rings. The number of hydrogen-bond donors (Lipinski definition) is 1. The summed E-state index contributed by atoms with van der Waals surface area (Å²) in [5.74, 6) is -0.263. The topological polar surface area (TPSA) is 97.6 Å². The Balaban J connectivity index is 1.91. The molecule has 2 heterocycles. The van der Waals surface area contributed by atoms with Crippen LogP contribution in [0.3, 0.4) is 0 Å². The Bertz CT molecular complexity index is 1160. The molecule has 0 unspecified atom stereocenters. The van der Waals surface area contributed by atoms with Crippen LogP contribution >= 0.6 is 11.6 Å². The number of nitriles is 1. The first-order valence-electron chi connectivity index (χ1n) is 8.82. The molecule has 1 aromatic carbocycles. The van der Waals surface area contributed by atoms with Gasteiger partial charge in [-0.15, -0.1) is 11.6 Å². The quantitative estimate of drug-likeness (QED) is 0.383. The van der Waals surface area contributed by atoms with E-state index in [1.165, 1.54) is 17.0 Å². The fourth-order valence-electron chi connectivity index (χ4n) is 2.87. The molecule has 0 saturated carbocycles. The fraction of sp³-hybridized carbons (Fsp3) is 0.200. The Morgan fingerprint density at radius 2 is 2.07 bits per heavy atom. The maximum absolute atomic E-state index is 12.9. The summed E-state index contributed by atoms with van der Waals surface area (Å²) < 4.78 is 4.72. The van der Waals surface area contributed by atoms with Gasteiger partial charge in [0.1, 0.15) is 17.3 Å². The minimum absolute atomic E-state index is 0.125. The van der Waals surface area contributed by atoms with E-state index in [4.69, 9.17) is 11.6 Å². The van der Waals surface area contributed by atoms with Crippen LogP contribution in [-0.2, 0) is 18.4 Å². The molecule has 0 saturated heterocycles. The van der Waals surface area contributed by atoms with Crippen molar-refractivity contribution in [1.82, 2.24) is 19.1 Å². The minimum Gasteiger partial charge on any atom is -0.315 e. The van der Waals surface area contributed by atoms with Gasteiger partial charge in [0, 0.05) is 24.7 Å². The first-order chi connectivity index (χ1) is 14.0. The number of benzene rings is 1. The van der Waals surface area contributed by atoms with Crippen molar-refractivity contribution in [3.8, 4) is 11.8 Å². The number of para-hydroxylation sites is 1. The van der Waals surface area contributed by atoms with E-state index >= 15 is 0 Å². The summed E-state index contributed by atoms with van der Waals surface area (Å²) in [5, 5.41) is 16.1. The number of rotatable bonds is 6. The number of aromatic nitrogens is 4. The van der Waals surface area contributed by atoms with Gasteiger partial charge in [0.15, 0.2) is 0 Å². The number of aryl methyl sites for hydroxylation is 1. The van der Waals surface area contributed by atoms with E-state index in [-0.39, 0.29) is 16.8 Å². The zero-order chi connectivity index (χ0) is 21.0. The highest BCUT2D eigenvalue weighted by Gasteiger charge is 2.20. The summed E-state index contributed by atoms with van der Waals surface area (Å²) in [7, 11) is 1.73. The van der Waals surface area contributed by atoms with Crippen LogP contribution in [0.5, 0.6) is 0 Å². The minimum atomic E-state index is -0.663. The Labute approximate surface area is 172 Å². The average molecular weight is 411 g/mol. The zero-order valence-electron chi connectivity index (χ0n) is 16.0. The SMILES string of the molecule is Cc1c(NC(=O)C(C#N)=Cc2cnn(CCCl)c2)c(=O)n(-c2ccccc2)n1C. The van der Waals surface area contributed by atoms with Crippen LogP contribution in [0.15, 0.2) is 53.1 Å². The average Bonchev–Trinajstić information content (AvgIpc) is 3.25. The molecule has 0 atom stereocenters. The van der Waals surface area contributed by atoms with E-state index in [1.54, 1.807) is 41.7 Å². The van der Waals surface area contributed by atoms with Gasteiger partial charge in [-0.25, -0.2) is 4.68 Å². The second-order valence-electron chi connectivity index (χ2n) is 6.29. The molecule has 1 amide bonds. The molecule has 0 fully saturated rings. The Hall–Kier alpha value is -3.57. The lowest BCUT2D eigenvalue weighted by Crippen LogP contribution is -2.23. The molecular formula is C20H19ClN6O2. The molecular weight excluding hydrogens is 392 g/mol. The maximum Gasteiger partial charge on any atom is 0.295 e. The molecule has 9 heteroatoms. The summed E-state index contributed by atoms with van der Waals surface area (Å²) in [6.07, 6.45) is 4.64. The highest BCUT2D eigenvalue weighted by atomic mass is 35.5. The van der Waals surface area contributed by atoms with Crippen LogP contribution in [0.4, 0.5) is 5.69 Å². The molecule has 0 radical (unpaired) electrons. The standard InChI is InChI=1S/C20H19ClN6O2/c1-14-18(20(29)27(25(14)2)17-6-4-3-5-7-17)24-19(28)16(11-22)10-15-12-23-26(13-15)9-8-21/h3-7,10,12-13H,8-9H2,1-2H3,(H,24,28). The van der Waals surface area contributed by atoms with Gasteiger partial charge in [0.25, 0.3) is 11.5 Å². The lowest BCUT2D eigenvalue weighted by molar-refractivity contribution is -0.112. The van der Waals surface area contributed by atoms with Crippen molar-refractivity contribution < 1.29 is 4.79 Å². The first kappa shape index (κ1) is 20.2. The highest BCUT2D eigenvalue weighted by molar-refractivity contribution is 6.17. The van der Waals surface area contributed by atoms with Crippen LogP contribution in [0.25, 0.3) is 11.8 Å². The van der Waals surface area contributed by atoms with Crippen molar-refractivity contribution in [2.45, 2.75) is 13.5 Å². The maximum atomic E-state index is 12.9. The van der Waals surface area contributed by atoms with Gasteiger partial charge in [0.05, 0.1) is 24.1 Å². The molecule has 1 N–H and O–H groups in total. The van der Waals surface area contributed by atoms with Crippen molar-refractivity contribution >= 4 is 29.3 Å². The molecule has 0 aliphatic rings. The molecule has 0 spiro atoms. The molecule has 0 aliphatic heterocycles. The van der Waals surface area contributed by atoms with Gasteiger partial charge < -0.3 is 5.32 Å². The molecule has 8 nitrogen and oxygen atoms in total. The third-order valence-corrected chi connectivity index (χ3v) is 4.60. The molecule has 2 aromatic heterocycles. The number of alkyl halides is 1. The van der Waals surface area contributed by atoms with E-state index in [0.717, 1.165) is 0 Å². The Morgan fingerprint density at radius 3 is 2.72 bits per heavy atom. The molecule has 3 rings (SSSR count). The van der Waals surface area contributed by atoms with Gasteiger partial charge in [0.2, 0.25) is 0 Å². The number of hydrogen-bond acceptors (Lipinski definition) is 4. The predicted octanol–water partition coefficient (Wildman–Crippen LogP) is 2.47. The van der Waals surface area contributed by atoms with Crippen molar-refractivity contribution in [3.63, 3.8) is 0 Å². The number of halogens is 1. The number of amides is 1. The Kier molecular flexibility index (Phi) is 6.00. The van der Waals surface area contributed by atoms with Gasteiger partial charge >= 0.3 is 0 Å². The summed E-state index contributed by atoms with van der Waals surface area (Å²) in [6, 6.07) is 11.0. The summed E-state index contributed by atoms with van der Waals surface area (Å²) in [4.78, 5) is 25.5. The lowest BCUT2D eigenvalue weighted by atomic mass is 10.2. The van der Waals surface area contributed by atoms with Gasteiger partial charge in [-0.1, -0.05) is 18.2 Å². The largest absolute Gasteiger partial charge is 0.315 e. The Morgan fingerprint density at radius 1 is 1.34 bits per heavy atom. The molecule has 0 bridgehead atoms. The van der Waals surface area contributed by atoms with Crippen LogP contribution in [0, 0.1) is 18.3 Å². The second kappa shape index (κ2) is 8.63. The molecule has 0 aliphatic carbocycles. The number of nitrogens with zero attached hydrogens (tertiary/aromatic N) is 5. The van der Waals surface area contributed by atoms with Crippen molar-refractivity contribution in [1.29, 1.82) is 5.26 Å². The predicted molar refractivity (Wildman–Crippen MR) is 111 cm³/mol. The van der Waals surface area contributed by atoms with E-state index in [1.807, 2.05) is 24.3 Å². The smallest absolute Gasteiger partial charge is 0.295 e. The van der Waals surface area contributed by atoms with E-state index in [9.17, 15) is 14.9 Å². The van der Waals surface area contributed by atoms with E-state index < -0.39 is 5.91 Å². The number of anilines is 1. The first-order valence-corrected chi connectivity index (χ1v) is 9.35. The van der Waals surface area contributed by atoms with Crippen LogP contribution in [0.1, 0.15) is 11.3 Å². The number of nitrogens with one attached hydrogen (secondary N) is 1. The normalized spacial score (nSPS) is 11.3. The van der Waals surface area contributed by atoms with Gasteiger partial charge in [-0.2, -0.15) is 10.4 Å². The second-order valence-corrected chi connectivity index (χ2v) is 6.66. The van der Waals surface area contributed by atoms with Crippen molar-refractivity contribution in [3.05, 3.63) is 69.9 Å². The molecule has 148 valence electrons. The zero-order valence-corrected chi connectivity index (χ0v) is 16.7.